The van der Waals surface area contributed by atoms with E-state index in [1.807, 2.05) is 0 Å². The lowest BCUT2D eigenvalue weighted by Crippen LogP contribution is -2.57. The lowest BCUT2D eigenvalue weighted by Gasteiger charge is -2.39. The van der Waals surface area contributed by atoms with Gasteiger partial charge in [-0.2, -0.15) is 0 Å². The van der Waals surface area contributed by atoms with Crippen LogP contribution in [0.25, 0.3) is 0 Å². The number of carbonyl (C=O) groups excluding carboxylic acids is 1. The molecule has 1 saturated carbocycles. The van der Waals surface area contributed by atoms with Crippen molar-refractivity contribution in [2.45, 2.75) is 18.9 Å². The van der Waals surface area contributed by atoms with E-state index in [1.165, 1.54) is 0 Å². The molecule has 0 unspecified atom stereocenters. The smallest absolute Gasteiger partial charge is 0.320 e. The number of urea groups is 1. The molecule has 2 aliphatic rings. The molecule has 5 nitrogen and oxygen atoms in total. The van der Waals surface area contributed by atoms with Crippen molar-refractivity contribution in [3.05, 3.63) is 12.7 Å². The molecule has 0 aromatic rings. The number of hydrogen-bond donors (Lipinski definition) is 1. The van der Waals surface area contributed by atoms with Gasteiger partial charge in [0.15, 0.2) is 0 Å². The van der Waals surface area contributed by atoms with Gasteiger partial charge in [0, 0.05) is 25.7 Å². The van der Waals surface area contributed by atoms with Gasteiger partial charge in [0.25, 0.3) is 0 Å². The Morgan fingerprint density at radius 1 is 1.44 bits per heavy atom. The fraction of sp³-hybridized carbons (Fsp3) is 0.636. The van der Waals surface area contributed by atoms with Crippen LogP contribution >= 0.6 is 0 Å². The highest BCUT2D eigenvalue weighted by Crippen LogP contribution is 2.29. The first-order valence-corrected chi connectivity index (χ1v) is 5.52. The predicted molar refractivity (Wildman–Crippen MR) is 58.0 cm³/mol. The second-order valence-electron chi connectivity index (χ2n) is 4.39. The molecule has 0 aromatic heterocycles. The fourth-order valence-electron chi connectivity index (χ4n) is 1.88. The van der Waals surface area contributed by atoms with Crippen LogP contribution in [0.1, 0.15) is 12.8 Å². The van der Waals surface area contributed by atoms with Gasteiger partial charge in [-0.25, -0.2) is 4.79 Å². The summed E-state index contributed by atoms with van der Waals surface area (Å²) in [5, 5.41) is 8.73. The van der Waals surface area contributed by atoms with Crippen molar-refractivity contribution < 1.29 is 14.7 Å². The molecular formula is C11H16N2O3. The quantitative estimate of drug-likeness (QED) is 0.718. The van der Waals surface area contributed by atoms with Crippen molar-refractivity contribution in [1.29, 1.82) is 0 Å². The number of amides is 2. The minimum atomic E-state index is -0.814. The lowest BCUT2D eigenvalue weighted by atomic mass is 10.0. The molecule has 2 amide bonds. The molecule has 2 fully saturated rings. The molecule has 1 heterocycles. The SMILES string of the molecule is C=CCN(C(=O)N1CC(C(=O)O)C1)C1CC1. The Hall–Kier alpha value is -1.52. The number of rotatable bonds is 4. The Kier molecular flexibility index (Phi) is 2.85. The van der Waals surface area contributed by atoms with Crippen molar-refractivity contribution >= 4 is 12.0 Å². The molecular weight excluding hydrogens is 208 g/mol. The molecule has 1 aliphatic heterocycles. The first-order chi connectivity index (χ1) is 7.63. The molecule has 0 spiro atoms. The molecule has 0 bridgehead atoms. The Morgan fingerprint density at radius 3 is 2.50 bits per heavy atom. The molecule has 2 rings (SSSR count). The van der Waals surface area contributed by atoms with Crippen LogP contribution in [0.5, 0.6) is 0 Å². The summed E-state index contributed by atoms with van der Waals surface area (Å²) in [6, 6.07) is 0.300. The molecule has 0 radical (unpaired) electrons. The van der Waals surface area contributed by atoms with E-state index in [0.717, 1.165) is 12.8 Å². The highest BCUT2D eigenvalue weighted by atomic mass is 16.4. The minimum absolute atomic E-state index is 0.0418. The van der Waals surface area contributed by atoms with Crippen molar-refractivity contribution in [2.24, 2.45) is 5.92 Å². The standard InChI is InChI=1S/C11H16N2O3/c1-2-5-13(9-3-4-9)11(16)12-6-8(7-12)10(14)15/h2,8-9H,1,3-7H2,(H,14,15). The van der Waals surface area contributed by atoms with Crippen molar-refractivity contribution in [1.82, 2.24) is 9.80 Å². The number of hydrogen-bond acceptors (Lipinski definition) is 2. The predicted octanol–water partition coefficient (Wildman–Crippen LogP) is 0.773. The monoisotopic (exact) mass is 224 g/mol. The second-order valence-corrected chi connectivity index (χ2v) is 4.39. The van der Waals surface area contributed by atoms with Crippen LogP contribution in [0.3, 0.4) is 0 Å². The summed E-state index contributed by atoms with van der Waals surface area (Å²) in [6.07, 6.45) is 3.82. The van der Waals surface area contributed by atoms with E-state index in [0.29, 0.717) is 25.7 Å². The van der Waals surface area contributed by atoms with Gasteiger partial charge in [0.05, 0.1) is 5.92 Å². The fourth-order valence-corrected chi connectivity index (χ4v) is 1.88. The molecule has 88 valence electrons. The summed E-state index contributed by atoms with van der Waals surface area (Å²) in [5.41, 5.74) is 0. The molecule has 1 N–H and O–H groups in total. The van der Waals surface area contributed by atoms with Gasteiger partial charge in [-0.3, -0.25) is 4.79 Å². The van der Waals surface area contributed by atoms with Crippen molar-refractivity contribution in [3.8, 4) is 0 Å². The Bertz CT molecular complexity index is 319. The Labute approximate surface area is 94.3 Å². The first-order valence-electron chi connectivity index (χ1n) is 5.52. The molecule has 0 aromatic carbocycles. The third-order valence-electron chi connectivity index (χ3n) is 3.06. The Morgan fingerprint density at radius 2 is 2.06 bits per heavy atom. The zero-order valence-electron chi connectivity index (χ0n) is 9.13. The summed E-state index contributed by atoms with van der Waals surface area (Å²) in [7, 11) is 0. The van der Waals surface area contributed by atoms with Crippen LogP contribution in [0, 0.1) is 5.92 Å². The van der Waals surface area contributed by atoms with Gasteiger partial charge in [-0.15, -0.1) is 6.58 Å². The lowest BCUT2D eigenvalue weighted by molar-refractivity contribution is -0.146. The molecule has 1 saturated heterocycles. The minimum Gasteiger partial charge on any atom is -0.481 e. The van der Waals surface area contributed by atoms with E-state index >= 15 is 0 Å². The first kappa shape index (κ1) is 11.0. The summed E-state index contributed by atoms with van der Waals surface area (Å²) in [4.78, 5) is 26.0. The van der Waals surface area contributed by atoms with Crippen molar-refractivity contribution in [3.63, 3.8) is 0 Å². The van der Waals surface area contributed by atoms with Gasteiger partial charge < -0.3 is 14.9 Å². The van der Waals surface area contributed by atoms with Crippen LogP contribution in [-0.2, 0) is 4.79 Å². The summed E-state index contributed by atoms with van der Waals surface area (Å²) >= 11 is 0. The van der Waals surface area contributed by atoms with E-state index in [2.05, 4.69) is 6.58 Å². The average molecular weight is 224 g/mol. The second kappa shape index (κ2) is 4.15. The van der Waals surface area contributed by atoms with Gasteiger partial charge in [0.1, 0.15) is 0 Å². The maximum absolute atomic E-state index is 12.0. The van der Waals surface area contributed by atoms with Gasteiger partial charge in [-0.1, -0.05) is 6.08 Å². The molecule has 1 aliphatic carbocycles. The van der Waals surface area contributed by atoms with E-state index in [-0.39, 0.29) is 11.9 Å². The molecule has 16 heavy (non-hydrogen) atoms. The van der Waals surface area contributed by atoms with Gasteiger partial charge >= 0.3 is 12.0 Å². The number of carbonyl (C=O) groups is 2. The number of nitrogens with zero attached hydrogens (tertiary/aromatic N) is 2. The normalized spacial score (nSPS) is 20.1. The number of likely N-dealkylation sites (tertiary alicyclic amines) is 1. The van der Waals surface area contributed by atoms with Crippen LogP contribution in [-0.4, -0.2) is 52.6 Å². The maximum Gasteiger partial charge on any atom is 0.320 e. The van der Waals surface area contributed by atoms with Crippen LogP contribution in [0.15, 0.2) is 12.7 Å². The molecule has 5 heteroatoms. The molecule has 0 atom stereocenters. The number of carboxylic acids is 1. The van der Waals surface area contributed by atoms with Crippen LogP contribution < -0.4 is 0 Å². The van der Waals surface area contributed by atoms with E-state index < -0.39 is 5.97 Å². The van der Waals surface area contributed by atoms with Gasteiger partial charge in [-0.05, 0) is 12.8 Å². The highest BCUT2D eigenvalue weighted by Gasteiger charge is 2.40. The summed E-state index contributed by atoms with van der Waals surface area (Å²) < 4.78 is 0. The third kappa shape index (κ3) is 2.03. The highest BCUT2D eigenvalue weighted by molar-refractivity contribution is 5.80. The average Bonchev–Trinajstić information content (AvgIpc) is 2.93. The topological polar surface area (TPSA) is 60.9 Å². The number of aliphatic carboxylic acids is 1. The Balaban J connectivity index is 1.87. The van der Waals surface area contributed by atoms with Crippen LogP contribution in [0.4, 0.5) is 4.79 Å². The van der Waals surface area contributed by atoms with E-state index in [4.69, 9.17) is 5.11 Å². The van der Waals surface area contributed by atoms with Gasteiger partial charge in [0.2, 0.25) is 0 Å². The summed E-state index contributed by atoms with van der Waals surface area (Å²) in [6.45, 7) is 4.87. The van der Waals surface area contributed by atoms with Crippen LogP contribution in [0.2, 0.25) is 0 Å². The zero-order valence-corrected chi connectivity index (χ0v) is 9.13. The van der Waals surface area contributed by atoms with Crippen molar-refractivity contribution in [2.75, 3.05) is 19.6 Å². The third-order valence-corrected chi connectivity index (χ3v) is 3.06. The largest absolute Gasteiger partial charge is 0.481 e. The van der Waals surface area contributed by atoms with E-state index in [9.17, 15) is 9.59 Å². The summed E-state index contributed by atoms with van der Waals surface area (Å²) in [5.74, 6) is -1.19. The zero-order chi connectivity index (χ0) is 11.7. The number of carboxylic acid groups (broad SMARTS) is 1. The maximum atomic E-state index is 12.0. The van der Waals surface area contributed by atoms with E-state index in [1.54, 1.807) is 15.9 Å².